The van der Waals surface area contributed by atoms with Crippen LogP contribution in [0.1, 0.15) is 17.0 Å². The Morgan fingerprint density at radius 2 is 2.11 bits per heavy atom. The van der Waals surface area contributed by atoms with Gasteiger partial charge in [0.2, 0.25) is 0 Å². The van der Waals surface area contributed by atoms with Crippen LogP contribution in [0.5, 0.6) is 0 Å². The van der Waals surface area contributed by atoms with Gasteiger partial charge in [0.15, 0.2) is 5.76 Å². The Kier molecular flexibility index (Phi) is 4.42. The summed E-state index contributed by atoms with van der Waals surface area (Å²) in [7, 11) is 0. The molecule has 18 heavy (non-hydrogen) atoms. The smallest absolute Gasteiger partial charge is 0.287 e. The maximum absolute atomic E-state index is 11.8. The molecule has 1 aromatic heterocycles. The minimum Gasteiger partial charge on any atom is -0.450 e. The number of furan rings is 1. The molecular weight excluding hydrogens is 364 g/mol. The van der Waals surface area contributed by atoms with E-state index in [9.17, 15) is 4.79 Å². The summed E-state index contributed by atoms with van der Waals surface area (Å²) in [5.74, 6) is 0.0866. The van der Waals surface area contributed by atoms with E-state index in [2.05, 4.69) is 37.2 Å². The van der Waals surface area contributed by atoms with E-state index in [1.54, 1.807) is 6.07 Å². The molecule has 3 N–H and O–H groups in total. The van der Waals surface area contributed by atoms with Gasteiger partial charge in [-0.3, -0.25) is 4.79 Å². The second-order valence-corrected chi connectivity index (χ2v) is 5.58. The molecule has 1 aromatic carbocycles. The predicted octanol–water partition coefficient (Wildman–Crippen LogP) is 3.04. The monoisotopic (exact) mass is 374 g/mol. The zero-order valence-corrected chi connectivity index (χ0v) is 12.7. The molecule has 0 radical (unpaired) electrons. The standard InChI is InChI=1S/C12H12Br2N2O2/c13-8-4-7-5-10(12(17)16-3-1-2-15)18-11(7)9(14)6-8/h4-6H,1-3,15H2,(H,16,17). The molecule has 2 rings (SSSR count). The molecule has 4 nitrogen and oxygen atoms in total. The van der Waals surface area contributed by atoms with Gasteiger partial charge in [0.05, 0.1) is 4.47 Å². The largest absolute Gasteiger partial charge is 0.450 e. The van der Waals surface area contributed by atoms with Crippen LogP contribution in [0, 0.1) is 0 Å². The van der Waals surface area contributed by atoms with Gasteiger partial charge in [-0.05, 0) is 47.1 Å². The van der Waals surface area contributed by atoms with E-state index in [-0.39, 0.29) is 5.91 Å². The molecule has 0 atom stereocenters. The topological polar surface area (TPSA) is 68.3 Å². The van der Waals surface area contributed by atoms with Gasteiger partial charge in [-0.1, -0.05) is 15.9 Å². The SMILES string of the molecule is NCCCNC(=O)c1cc2cc(Br)cc(Br)c2o1. The lowest BCUT2D eigenvalue weighted by Crippen LogP contribution is -2.25. The maximum atomic E-state index is 11.8. The lowest BCUT2D eigenvalue weighted by Gasteiger charge is -2.00. The predicted molar refractivity (Wildman–Crippen MR) is 77.6 cm³/mol. The van der Waals surface area contributed by atoms with E-state index in [1.807, 2.05) is 12.1 Å². The van der Waals surface area contributed by atoms with Crippen LogP contribution in [0.3, 0.4) is 0 Å². The molecule has 0 unspecified atom stereocenters. The highest BCUT2D eigenvalue weighted by Crippen LogP contribution is 2.30. The number of carbonyl (C=O) groups excluding carboxylic acids is 1. The Bertz CT molecular complexity index is 581. The number of rotatable bonds is 4. The van der Waals surface area contributed by atoms with Gasteiger partial charge in [0.1, 0.15) is 5.58 Å². The van der Waals surface area contributed by atoms with Gasteiger partial charge < -0.3 is 15.5 Å². The molecule has 0 aliphatic carbocycles. The van der Waals surface area contributed by atoms with Crippen molar-refractivity contribution in [2.45, 2.75) is 6.42 Å². The summed E-state index contributed by atoms with van der Waals surface area (Å²) in [6.45, 7) is 1.11. The van der Waals surface area contributed by atoms with Crippen molar-refractivity contribution in [2.75, 3.05) is 13.1 Å². The number of nitrogens with one attached hydrogen (secondary N) is 1. The van der Waals surface area contributed by atoms with E-state index >= 15 is 0 Å². The van der Waals surface area contributed by atoms with Crippen LogP contribution < -0.4 is 11.1 Å². The quantitative estimate of drug-likeness (QED) is 0.807. The first-order valence-corrected chi connectivity index (χ1v) is 7.07. The summed E-state index contributed by atoms with van der Waals surface area (Å²) in [6, 6.07) is 5.50. The van der Waals surface area contributed by atoms with Crippen LogP contribution >= 0.6 is 31.9 Å². The number of nitrogens with two attached hydrogens (primary N) is 1. The Hall–Kier alpha value is -0.850. The fourth-order valence-corrected chi connectivity index (χ4v) is 2.92. The third-order valence-corrected chi connectivity index (χ3v) is 3.47. The normalized spacial score (nSPS) is 10.8. The van der Waals surface area contributed by atoms with Crippen molar-refractivity contribution in [3.63, 3.8) is 0 Å². The molecule has 0 fully saturated rings. The molecule has 0 aliphatic rings. The zero-order chi connectivity index (χ0) is 13.1. The Morgan fingerprint density at radius 1 is 1.33 bits per heavy atom. The number of fused-ring (bicyclic) bond motifs is 1. The average Bonchev–Trinajstić information content (AvgIpc) is 2.73. The van der Waals surface area contributed by atoms with E-state index in [0.717, 1.165) is 20.8 Å². The molecule has 0 spiro atoms. The van der Waals surface area contributed by atoms with Crippen molar-refractivity contribution in [3.05, 3.63) is 32.9 Å². The van der Waals surface area contributed by atoms with Crippen LogP contribution in [0.15, 0.2) is 31.6 Å². The van der Waals surface area contributed by atoms with Crippen molar-refractivity contribution in [2.24, 2.45) is 5.73 Å². The minimum atomic E-state index is -0.220. The minimum absolute atomic E-state index is 0.220. The summed E-state index contributed by atoms with van der Waals surface area (Å²) in [4.78, 5) is 11.8. The molecule has 1 heterocycles. The number of halogens is 2. The van der Waals surface area contributed by atoms with Crippen molar-refractivity contribution >= 4 is 48.7 Å². The summed E-state index contributed by atoms with van der Waals surface area (Å²) < 4.78 is 7.28. The Labute approximate surface area is 121 Å². The maximum Gasteiger partial charge on any atom is 0.287 e. The molecule has 0 saturated heterocycles. The lowest BCUT2D eigenvalue weighted by atomic mass is 10.2. The first kappa shape index (κ1) is 13.6. The second kappa shape index (κ2) is 5.86. The molecule has 0 bridgehead atoms. The van der Waals surface area contributed by atoms with Gasteiger partial charge in [-0.2, -0.15) is 0 Å². The third kappa shape index (κ3) is 2.93. The van der Waals surface area contributed by atoms with Gasteiger partial charge in [0, 0.05) is 16.4 Å². The molecule has 2 aromatic rings. The van der Waals surface area contributed by atoms with E-state index in [0.29, 0.717) is 24.4 Å². The average molecular weight is 376 g/mol. The molecule has 0 saturated carbocycles. The van der Waals surface area contributed by atoms with Crippen molar-refractivity contribution in [1.29, 1.82) is 0 Å². The molecule has 0 aliphatic heterocycles. The van der Waals surface area contributed by atoms with Crippen LogP contribution in [0.4, 0.5) is 0 Å². The fourth-order valence-electron chi connectivity index (χ4n) is 1.58. The van der Waals surface area contributed by atoms with Crippen molar-refractivity contribution in [3.8, 4) is 0 Å². The number of hydrogen-bond donors (Lipinski definition) is 2. The van der Waals surface area contributed by atoms with Gasteiger partial charge in [0.25, 0.3) is 5.91 Å². The number of hydrogen-bond acceptors (Lipinski definition) is 3. The zero-order valence-electron chi connectivity index (χ0n) is 9.50. The highest BCUT2D eigenvalue weighted by Gasteiger charge is 2.13. The second-order valence-electron chi connectivity index (χ2n) is 3.81. The summed E-state index contributed by atoms with van der Waals surface area (Å²) in [5.41, 5.74) is 6.03. The highest BCUT2D eigenvalue weighted by molar-refractivity contribution is 9.11. The van der Waals surface area contributed by atoms with Crippen molar-refractivity contribution < 1.29 is 9.21 Å². The number of benzene rings is 1. The first-order chi connectivity index (χ1) is 8.61. The molecule has 96 valence electrons. The van der Waals surface area contributed by atoms with Gasteiger partial charge in [-0.25, -0.2) is 0 Å². The summed E-state index contributed by atoms with van der Waals surface area (Å²) in [6.07, 6.45) is 0.751. The summed E-state index contributed by atoms with van der Waals surface area (Å²) >= 11 is 6.80. The van der Waals surface area contributed by atoms with Crippen LogP contribution in [-0.2, 0) is 0 Å². The number of carbonyl (C=O) groups is 1. The fraction of sp³-hybridized carbons (Fsp3) is 0.250. The third-order valence-electron chi connectivity index (χ3n) is 2.43. The van der Waals surface area contributed by atoms with E-state index in [4.69, 9.17) is 10.2 Å². The molecular formula is C12H12Br2N2O2. The van der Waals surface area contributed by atoms with Gasteiger partial charge in [-0.15, -0.1) is 0 Å². The van der Waals surface area contributed by atoms with E-state index < -0.39 is 0 Å². The molecule has 6 heteroatoms. The van der Waals surface area contributed by atoms with E-state index in [1.165, 1.54) is 0 Å². The van der Waals surface area contributed by atoms with Crippen LogP contribution in [0.25, 0.3) is 11.0 Å². The highest BCUT2D eigenvalue weighted by atomic mass is 79.9. The van der Waals surface area contributed by atoms with Gasteiger partial charge >= 0.3 is 0 Å². The number of amides is 1. The molecule has 1 amide bonds. The van der Waals surface area contributed by atoms with Crippen LogP contribution in [0.2, 0.25) is 0 Å². The lowest BCUT2D eigenvalue weighted by molar-refractivity contribution is 0.0928. The Morgan fingerprint density at radius 3 is 2.83 bits per heavy atom. The van der Waals surface area contributed by atoms with Crippen LogP contribution in [-0.4, -0.2) is 19.0 Å². The first-order valence-electron chi connectivity index (χ1n) is 5.48. The Balaban J connectivity index is 2.24. The summed E-state index contributed by atoms with van der Waals surface area (Å²) in [5, 5.41) is 3.63. The van der Waals surface area contributed by atoms with Crippen molar-refractivity contribution in [1.82, 2.24) is 5.32 Å².